The molecule has 0 atom stereocenters. The minimum Gasteiger partial charge on any atom is -0.486 e. The van der Waals surface area contributed by atoms with Gasteiger partial charge in [-0.3, -0.25) is 9.59 Å². The van der Waals surface area contributed by atoms with Gasteiger partial charge in [0, 0.05) is 44.2 Å². The standard InChI is InChI=1S/C20H21N3O4S/c1-14(24)22-7-9-23(10-8-22)20(25)16-3-2-6-21-19(16)28-15-4-5-17-18(13-15)27-12-11-26-17/h2-6,13H,7-12H2,1H3. The minimum atomic E-state index is -0.0589. The van der Waals surface area contributed by atoms with Gasteiger partial charge in [0.1, 0.15) is 18.2 Å². The Morgan fingerprint density at radius 3 is 2.46 bits per heavy atom. The third-order valence-corrected chi connectivity index (χ3v) is 5.75. The number of aromatic nitrogens is 1. The van der Waals surface area contributed by atoms with Crippen LogP contribution in [0.15, 0.2) is 46.5 Å². The number of benzene rings is 1. The summed E-state index contributed by atoms with van der Waals surface area (Å²) in [6.45, 7) is 4.82. The van der Waals surface area contributed by atoms with Crippen LogP contribution >= 0.6 is 11.8 Å². The molecule has 28 heavy (non-hydrogen) atoms. The van der Waals surface area contributed by atoms with Gasteiger partial charge in [0.2, 0.25) is 5.91 Å². The number of carbonyl (C=O) groups is 2. The number of hydrogen-bond acceptors (Lipinski definition) is 6. The molecule has 0 saturated carbocycles. The molecule has 0 N–H and O–H groups in total. The Morgan fingerprint density at radius 1 is 1.00 bits per heavy atom. The molecule has 3 heterocycles. The van der Waals surface area contributed by atoms with Crippen molar-refractivity contribution in [3.8, 4) is 11.5 Å². The first-order chi connectivity index (χ1) is 13.6. The smallest absolute Gasteiger partial charge is 0.256 e. The predicted octanol–water partition coefficient (Wildman–Crippen LogP) is 2.31. The first kappa shape index (κ1) is 18.6. The maximum absolute atomic E-state index is 13.0. The van der Waals surface area contributed by atoms with Crippen LogP contribution in [0.3, 0.4) is 0 Å². The molecule has 7 nitrogen and oxygen atoms in total. The number of hydrogen-bond donors (Lipinski definition) is 0. The lowest BCUT2D eigenvalue weighted by Gasteiger charge is -2.34. The molecule has 0 bridgehead atoms. The van der Waals surface area contributed by atoms with Crippen molar-refractivity contribution in [2.75, 3.05) is 39.4 Å². The molecular formula is C20H21N3O4S. The molecule has 2 aliphatic heterocycles. The second-order valence-corrected chi connectivity index (χ2v) is 7.62. The lowest BCUT2D eigenvalue weighted by molar-refractivity contribution is -0.130. The molecule has 0 aliphatic carbocycles. The zero-order chi connectivity index (χ0) is 19.5. The normalized spacial score (nSPS) is 16.0. The van der Waals surface area contributed by atoms with E-state index in [2.05, 4.69) is 4.98 Å². The summed E-state index contributed by atoms with van der Waals surface area (Å²) in [6.07, 6.45) is 1.69. The van der Waals surface area contributed by atoms with Gasteiger partial charge < -0.3 is 19.3 Å². The Morgan fingerprint density at radius 2 is 1.71 bits per heavy atom. The van der Waals surface area contributed by atoms with E-state index in [0.29, 0.717) is 55.7 Å². The maximum atomic E-state index is 13.0. The summed E-state index contributed by atoms with van der Waals surface area (Å²) >= 11 is 1.43. The van der Waals surface area contributed by atoms with Crippen molar-refractivity contribution in [3.63, 3.8) is 0 Å². The van der Waals surface area contributed by atoms with Gasteiger partial charge in [0.25, 0.3) is 5.91 Å². The molecule has 2 aliphatic rings. The first-order valence-electron chi connectivity index (χ1n) is 9.19. The second-order valence-electron chi connectivity index (χ2n) is 6.56. The summed E-state index contributed by atoms with van der Waals surface area (Å²) in [5.74, 6) is 1.43. The second kappa shape index (κ2) is 8.10. The quantitative estimate of drug-likeness (QED) is 0.789. The van der Waals surface area contributed by atoms with Gasteiger partial charge in [-0.2, -0.15) is 0 Å². The first-order valence-corrected chi connectivity index (χ1v) is 10.0. The maximum Gasteiger partial charge on any atom is 0.256 e. The summed E-state index contributed by atoms with van der Waals surface area (Å²) in [5.41, 5.74) is 0.568. The molecular weight excluding hydrogens is 378 g/mol. The lowest BCUT2D eigenvalue weighted by Crippen LogP contribution is -2.50. The monoisotopic (exact) mass is 399 g/mol. The van der Waals surface area contributed by atoms with Crippen molar-refractivity contribution in [2.45, 2.75) is 16.8 Å². The number of rotatable bonds is 3. The van der Waals surface area contributed by atoms with Crippen molar-refractivity contribution in [1.29, 1.82) is 0 Å². The minimum absolute atomic E-state index is 0.0447. The molecule has 0 radical (unpaired) electrons. The van der Waals surface area contributed by atoms with Crippen LogP contribution in [0, 0.1) is 0 Å². The van der Waals surface area contributed by atoms with Crippen LogP contribution in [-0.2, 0) is 4.79 Å². The Balaban J connectivity index is 1.51. The Hall–Kier alpha value is -2.74. The lowest BCUT2D eigenvalue weighted by atomic mass is 10.2. The Labute approximate surface area is 167 Å². The van der Waals surface area contributed by atoms with E-state index in [4.69, 9.17) is 9.47 Å². The van der Waals surface area contributed by atoms with Crippen LogP contribution in [0.4, 0.5) is 0 Å². The van der Waals surface area contributed by atoms with E-state index in [-0.39, 0.29) is 11.8 Å². The van der Waals surface area contributed by atoms with E-state index in [9.17, 15) is 9.59 Å². The summed E-state index contributed by atoms with van der Waals surface area (Å²) in [6, 6.07) is 9.29. The molecule has 146 valence electrons. The zero-order valence-corrected chi connectivity index (χ0v) is 16.4. The van der Waals surface area contributed by atoms with Crippen molar-refractivity contribution in [3.05, 3.63) is 42.1 Å². The number of carbonyl (C=O) groups excluding carboxylic acids is 2. The third-order valence-electron chi connectivity index (χ3n) is 4.74. The van der Waals surface area contributed by atoms with E-state index in [0.717, 1.165) is 10.6 Å². The topological polar surface area (TPSA) is 72.0 Å². The summed E-state index contributed by atoms with van der Waals surface area (Å²) < 4.78 is 11.2. The largest absolute Gasteiger partial charge is 0.486 e. The number of amides is 2. The van der Waals surface area contributed by atoms with Gasteiger partial charge in [0.15, 0.2) is 11.5 Å². The number of pyridine rings is 1. The predicted molar refractivity (Wildman–Crippen MR) is 104 cm³/mol. The fourth-order valence-electron chi connectivity index (χ4n) is 3.23. The van der Waals surface area contributed by atoms with Crippen LogP contribution in [0.1, 0.15) is 17.3 Å². The van der Waals surface area contributed by atoms with E-state index in [1.54, 1.807) is 35.1 Å². The zero-order valence-electron chi connectivity index (χ0n) is 15.6. The van der Waals surface area contributed by atoms with Crippen LogP contribution in [0.25, 0.3) is 0 Å². The van der Waals surface area contributed by atoms with Crippen molar-refractivity contribution >= 4 is 23.6 Å². The average molecular weight is 399 g/mol. The molecule has 1 aromatic carbocycles. The molecule has 1 fully saturated rings. The highest BCUT2D eigenvalue weighted by molar-refractivity contribution is 7.99. The number of piperazine rings is 1. The Bertz CT molecular complexity index is 897. The highest BCUT2D eigenvalue weighted by atomic mass is 32.2. The molecule has 0 spiro atoms. The van der Waals surface area contributed by atoms with Crippen LogP contribution in [0.2, 0.25) is 0 Å². The fourth-order valence-corrected chi connectivity index (χ4v) is 4.13. The van der Waals surface area contributed by atoms with Gasteiger partial charge in [-0.1, -0.05) is 11.8 Å². The molecule has 0 unspecified atom stereocenters. The molecule has 1 saturated heterocycles. The molecule has 1 aromatic heterocycles. The Kier molecular flexibility index (Phi) is 5.38. The van der Waals surface area contributed by atoms with Crippen molar-refractivity contribution < 1.29 is 19.1 Å². The summed E-state index contributed by atoms with van der Waals surface area (Å²) in [4.78, 5) is 33.4. The van der Waals surface area contributed by atoms with E-state index >= 15 is 0 Å². The SMILES string of the molecule is CC(=O)N1CCN(C(=O)c2cccnc2Sc2ccc3c(c2)OCCO3)CC1. The van der Waals surface area contributed by atoms with E-state index in [1.165, 1.54) is 11.8 Å². The van der Waals surface area contributed by atoms with Gasteiger partial charge in [0.05, 0.1) is 5.56 Å². The van der Waals surface area contributed by atoms with Gasteiger partial charge in [-0.25, -0.2) is 4.98 Å². The third kappa shape index (κ3) is 3.91. The van der Waals surface area contributed by atoms with Crippen molar-refractivity contribution in [2.24, 2.45) is 0 Å². The number of fused-ring (bicyclic) bond motifs is 1. The number of nitrogens with zero attached hydrogens (tertiary/aromatic N) is 3. The molecule has 4 rings (SSSR count). The van der Waals surface area contributed by atoms with E-state index < -0.39 is 0 Å². The van der Waals surface area contributed by atoms with Gasteiger partial charge >= 0.3 is 0 Å². The van der Waals surface area contributed by atoms with Gasteiger partial charge in [-0.15, -0.1) is 0 Å². The van der Waals surface area contributed by atoms with Crippen LogP contribution < -0.4 is 9.47 Å². The fraction of sp³-hybridized carbons (Fsp3) is 0.350. The van der Waals surface area contributed by atoms with Crippen LogP contribution in [-0.4, -0.2) is 66.0 Å². The molecule has 2 amide bonds. The molecule has 2 aromatic rings. The highest BCUT2D eigenvalue weighted by Gasteiger charge is 2.25. The van der Waals surface area contributed by atoms with Crippen molar-refractivity contribution in [1.82, 2.24) is 14.8 Å². The van der Waals surface area contributed by atoms with Crippen LogP contribution in [0.5, 0.6) is 11.5 Å². The molecule has 8 heteroatoms. The average Bonchev–Trinajstić information content (AvgIpc) is 2.73. The summed E-state index contributed by atoms with van der Waals surface area (Å²) in [7, 11) is 0. The number of ether oxygens (including phenoxy) is 2. The van der Waals surface area contributed by atoms with Gasteiger partial charge in [-0.05, 0) is 30.3 Å². The van der Waals surface area contributed by atoms with E-state index in [1.807, 2.05) is 18.2 Å². The highest BCUT2D eigenvalue weighted by Crippen LogP contribution is 2.37. The summed E-state index contributed by atoms with van der Waals surface area (Å²) in [5, 5.41) is 0.651.